The summed E-state index contributed by atoms with van der Waals surface area (Å²) >= 11 is 0. The van der Waals surface area contributed by atoms with E-state index < -0.39 is 7.25 Å². The Morgan fingerprint density at radius 2 is 1.17 bits per heavy atom. The van der Waals surface area contributed by atoms with Crippen molar-refractivity contribution >= 4 is 30.3 Å². The smallest absolute Gasteiger partial charge is 1.00 e. The molecule has 0 unspecified atom stereocenters. The van der Waals surface area contributed by atoms with Gasteiger partial charge < -0.3 is 20.1 Å². The zero-order chi connectivity index (χ0) is 4.50. The Morgan fingerprint density at radius 3 is 1.17 bits per heavy atom. The third-order valence-corrected chi connectivity index (χ3v) is 0. The summed E-state index contributed by atoms with van der Waals surface area (Å²) in [4.78, 5) is 0. The minimum Gasteiger partial charge on any atom is -1.00 e. The molecule has 0 saturated heterocycles. The molecule has 0 saturated carbocycles. The molecule has 0 radical (unpaired) electrons. The van der Waals surface area contributed by atoms with E-state index in [1.807, 2.05) is 0 Å². The SMILES string of the molecule is F[B-](F)(F)F.[H+].[H-].[H-].[Mg+2]. The van der Waals surface area contributed by atoms with Crippen molar-refractivity contribution in [2.45, 2.75) is 0 Å². The Hall–Kier alpha value is 0.551. The summed E-state index contributed by atoms with van der Waals surface area (Å²) in [5, 5.41) is 0. The molecular weight excluding hydrogens is 111 g/mol. The molecule has 0 aliphatic rings. The molecule has 0 aromatic rings. The second kappa shape index (κ2) is 2.68. The third kappa shape index (κ3) is 189. The van der Waals surface area contributed by atoms with Crippen molar-refractivity contribution in [3.63, 3.8) is 0 Å². The van der Waals surface area contributed by atoms with Gasteiger partial charge in [0.05, 0.1) is 0 Å². The summed E-state index contributed by atoms with van der Waals surface area (Å²) in [6.07, 6.45) is 0. The van der Waals surface area contributed by atoms with E-state index in [4.69, 9.17) is 0 Å². The van der Waals surface area contributed by atoms with Crippen molar-refractivity contribution in [3.05, 3.63) is 0 Å². The van der Waals surface area contributed by atoms with Crippen LogP contribution in [0.1, 0.15) is 4.28 Å². The van der Waals surface area contributed by atoms with Crippen LogP contribution in [0, 0.1) is 0 Å². The summed E-state index contributed by atoms with van der Waals surface area (Å²) in [5.74, 6) is 0. The monoisotopic (exact) mass is 114 g/mol. The van der Waals surface area contributed by atoms with Crippen LogP contribution in [0.5, 0.6) is 0 Å². The van der Waals surface area contributed by atoms with Crippen LogP contribution in [0.15, 0.2) is 0 Å². The molecule has 0 fully saturated rings. The van der Waals surface area contributed by atoms with Gasteiger partial charge in [0.2, 0.25) is 0 Å². The van der Waals surface area contributed by atoms with Crippen LogP contribution >= 0.6 is 0 Å². The molecule has 0 spiro atoms. The number of halogens is 4. The minimum absolute atomic E-state index is 0. The average Bonchev–Trinajstić information content (AvgIpc) is 0.722. The van der Waals surface area contributed by atoms with E-state index >= 15 is 0 Å². The summed E-state index contributed by atoms with van der Waals surface area (Å²) in [6.45, 7) is 0. The largest absolute Gasteiger partial charge is 2.00 e. The average molecular weight is 114 g/mol. The molecule has 0 amide bonds. The minimum atomic E-state index is -6.00. The number of hydrogen-bond donors (Lipinski definition) is 0. The Balaban J connectivity index is -0.0000000133. The van der Waals surface area contributed by atoms with Gasteiger partial charge in [0, 0.05) is 0 Å². The molecule has 0 heterocycles. The van der Waals surface area contributed by atoms with Crippen molar-refractivity contribution in [1.82, 2.24) is 0 Å². The van der Waals surface area contributed by atoms with Crippen molar-refractivity contribution in [1.29, 1.82) is 0 Å². The fourth-order valence-corrected chi connectivity index (χ4v) is 0. The van der Waals surface area contributed by atoms with Crippen LogP contribution in [-0.2, 0) is 0 Å². The van der Waals surface area contributed by atoms with E-state index in [9.17, 15) is 17.3 Å². The predicted molar refractivity (Wildman–Crippen MR) is 19.3 cm³/mol. The van der Waals surface area contributed by atoms with Gasteiger partial charge in [-0.2, -0.15) is 0 Å². The second-order valence-electron chi connectivity index (χ2n) is 0.495. The van der Waals surface area contributed by atoms with E-state index in [-0.39, 0.29) is 27.3 Å². The van der Waals surface area contributed by atoms with Crippen LogP contribution < -0.4 is 0 Å². The molecule has 36 valence electrons. The molecule has 0 aliphatic heterocycles. The normalized spacial score (nSPS) is 10.0. The topological polar surface area (TPSA) is 0 Å². The van der Waals surface area contributed by atoms with Gasteiger partial charge in [-0.25, -0.2) is 0 Å². The fourth-order valence-electron chi connectivity index (χ4n) is 0. The molecule has 0 rings (SSSR count). The van der Waals surface area contributed by atoms with E-state index in [0.717, 1.165) is 0 Å². The number of rotatable bonds is 0. The zero-order valence-electron chi connectivity index (χ0n) is 5.80. The summed E-state index contributed by atoms with van der Waals surface area (Å²) < 4.78 is 39.0. The first-order valence-corrected chi connectivity index (χ1v) is 0.873. The van der Waals surface area contributed by atoms with Crippen molar-refractivity contribution < 1.29 is 21.5 Å². The van der Waals surface area contributed by atoms with Crippen LogP contribution in [-0.4, -0.2) is 30.3 Å². The standard InChI is InChI=1S/BF4.Mg.2H/c2-1(3,4)5;;;/q-1;+2;2*-1/p+1. The van der Waals surface area contributed by atoms with Crippen molar-refractivity contribution in [2.75, 3.05) is 0 Å². The van der Waals surface area contributed by atoms with Crippen molar-refractivity contribution in [3.8, 4) is 0 Å². The zero-order valence-corrected chi connectivity index (χ0v) is 4.21. The molecular formula is H3BF4Mg. The molecule has 6 heteroatoms. The summed E-state index contributed by atoms with van der Waals surface area (Å²) in [5.41, 5.74) is 0. The van der Waals surface area contributed by atoms with Crippen LogP contribution in [0.4, 0.5) is 17.3 Å². The molecule has 0 aromatic carbocycles. The fraction of sp³-hybridized carbons (Fsp3) is 0. The molecule has 0 nitrogen and oxygen atoms in total. The Labute approximate surface area is 52.6 Å². The van der Waals surface area contributed by atoms with Gasteiger partial charge in [-0.3, -0.25) is 0 Å². The molecule has 6 heavy (non-hydrogen) atoms. The third-order valence-electron chi connectivity index (χ3n) is 0. The molecule has 0 aliphatic carbocycles. The maximum absolute atomic E-state index is 9.75. The van der Waals surface area contributed by atoms with Gasteiger partial charge in [-0.1, -0.05) is 0 Å². The van der Waals surface area contributed by atoms with Gasteiger partial charge in [-0.05, 0) is 0 Å². The maximum Gasteiger partial charge on any atom is 2.00 e. The quantitative estimate of drug-likeness (QED) is 0.328. The van der Waals surface area contributed by atoms with Crippen LogP contribution in [0.25, 0.3) is 0 Å². The van der Waals surface area contributed by atoms with E-state index in [0.29, 0.717) is 0 Å². The van der Waals surface area contributed by atoms with Gasteiger partial charge in [0.1, 0.15) is 0 Å². The van der Waals surface area contributed by atoms with Crippen LogP contribution in [0.2, 0.25) is 0 Å². The van der Waals surface area contributed by atoms with Crippen LogP contribution in [0.3, 0.4) is 0 Å². The first-order valence-electron chi connectivity index (χ1n) is 0.873. The first-order chi connectivity index (χ1) is 2.00. The number of hydrogen-bond acceptors (Lipinski definition) is 0. The van der Waals surface area contributed by atoms with E-state index in [1.165, 1.54) is 0 Å². The predicted octanol–water partition coefficient (Wildman–Crippen LogP) is 1.26. The van der Waals surface area contributed by atoms with Gasteiger partial charge in [0.15, 0.2) is 0 Å². The van der Waals surface area contributed by atoms with E-state index in [2.05, 4.69) is 0 Å². The molecule has 0 bridgehead atoms. The maximum atomic E-state index is 9.75. The molecule has 0 N–H and O–H groups in total. The first kappa shape index (κ1) is 9.75. The summed E-state index contributed by atoms with van der Waals surface area (Å²) in [7, 11) is -6.00. The Morgan fingerprint density at radius 1 is 1.17 bits per heavy atom. The van der Waals surface area contributed by atoms with Crippen molar-refractivity contribution in [2.24, 2.45) is 0 Å². The summed E-state index contributed by atoms with van der Waals surface area (Å²) in [6, 6.07) is 0. The molecule has 0 atom stereocenters. The second-order valence-corrected chi connectivity index (χ2v) is 0.495. The van der Waals surface area contributed by atoms with E-state index in [1.54, 1.807) is 0 Å². The molecule has 0 aromatic heterocycles. The Bertz CT molecular complexity index is 31.3. The van der Waals surface area contributed by atoms with Gasteiger partial charge in [0.25, 0.3) is 0 Å². The van der Waals surface area contributed by atoms with Gasteiger partial charge >= 0.3 is 31.7 Å². The Kier molecular flexibility index (Phi) is 4.35. The van der Waals surface area contributed by atoms with Gasteiger partial charge in [-0.15, -0.1) is 0 Å².